The van der Waals surface area contributed by atoms with Crippen molar-refractivity contribution in [3.8, 4) is 0 Å². The second-order valence-corrected chi connectivity index (χ2v) is 5.98. The summed E-state index contributed by atoms with van der Waals surface area (Å²) < 4.78 is 6.58. The summed E-state index contributed by atoms with van der Waals surface area (Å²) in [5, 5.41) is 2.93. The second kappa shape index (κ2) is 6.65. The van der Waals surface area contributed by atoms with Crippen molar-refractivity contribution in [3.63, 3.8) is 0 Å². The number of carbonyl (C=O) groups is 1. The molecule has 0 saturated heterocycles. The number of hydroxylamine groups is 1. The van der Waals surface area contributed by atoms with Crippen molar-refractivity contribution >= 4 is 22.4 Å². The van der Waals surface area contributed by atoms with Crippen LogP contribution in [0.25, 0.3) is 10.8 Å². The highest BCUT2D eigenvalue weighted by atomic mass is 16.7. The van der Waals surface area contributed by atoms with E-state index in [1.54, 1.807) is 12.0 Å². The predicted octanol–water partition coefficient (Wildman–Crippen LogP) is 3.09. The molecule has 0 amide bonds. The van der Waals surface area contributed by atoms with E-state index in [4.69, 9.17) is 9.57 Å². The van der Waals surface area contributed by atoms with Crippen LogP contribution in [-0.2, 0) is 22.9 Å². The Labute approximate surface area is 150 Å². The molecule has 4 rings (SSSR count). The van der Waals surface area contributed by atoms with Gasteiger partial charge in [-0.05, 0) is 12.5 Å². The van der Waals surface area contributed by atoms with Gasteiger partial charge < -0.3 is 4.74 Å². The molecule has 0 N–H and O–H groups in total. The van der Waals surface area contributed by atoms with Crippen LogP contribution in [0.3, 0.4) is 0 Å². The van der Waals surface area contributed by atoms with E-state index in [2.05, 4.69) is 0 Å². The summed E-state index contributed by atoms with van der Waals surface area (Å²) in [6.45, 7) is 2.48. The lowest BCUT2D eigenvalue weighted by atomic mass is 10.1. The molecule has 26 heavy (non-hydrogen) atoms. The van der Waals surface area contributed by atoms with Crippen LogP contribution in [0.4, 0.5) is 5.69 Å². The predicted molar refractivity (Wildman–Crippen MR) is 97.9 cm³/mol. The fourth-order valence-corrected chi connectivity index (χ4v) is 3.21. The molecule has 6 heteroatoms. The summed E-state index contributed by atoms with van der Waals surface area (Å²) in [6.07, 6.45) is 0. The molecule has 0 atom stereocenters. The summed E-state index contributed by atoms with van der Waals surface area (Å²) in [6, 6.07) is 17.0. The Bertz CT molecular complexity index is 1030. The van der Waals surface area contributed by atoms with Crippen LogP contribution in [0, 0.1) is 0 Å². The average molecular weight is 350 g/mol. The molecule has 0 radical (unpaired) electrons. The van der Waals surface area contributed by atoms with Crippen LogP contribution in [0.1, 0.15) is 23.0 Å². The molecule has 2 aromatic carbocycles. The Morgan fingerprint density at radius 1 is 1.04 bits per heavy atom. The number of hydrogen-bond acceptors (Lipinski definition) is 5. The first kappa shape index (κ1) is 16.4. The Balaban J connectivity index is 1.76. The largest absolute Gasteiger partial charge is 0.461 e. The minimum atomic E-state index is -0.503. The van der Waals surface area contributed by atoms with Gasteiger partial charge >= 0.3 is 5.97 Å². The van der Waals surface area contributed by atoms with Crippen molar-refractivity contribution in [2.24, 2.45) is 0 Å². The zero-order chi connectivity index (χ0) is 18.1. The van der Waals surface area contributed by atoms with Crippen LogP contribution in [0.15, 0.2) is 59.4 Å². The van der Waals surface area contributed by atoms with E-state index in [0.29, 0.717) is 23.1 Å². The van der Waals surface area contributed by atoms with Crippen molar-refractivity contribution < 1.29 is 14.4 Å². The molecule has 2 heterocycles. The number of hydrogen-bond donors (Lipinski definition) is 0. The van der Waals surface area contributed by atoms with Gasteiger partial charge in [-0.15, -0.1) is 0 Å². The molecule has 1 aliphatic heterocycles. The van der Waals surface area contributed by atoms with Gasteiger partial charge in [0.05, 0.1) is 6.61 Å². The molecule has 0 saturated carbocycles. The topological polar surface area (TPSA) is 60.8 Å². The van der Waals surface area contributed by atoms with E-state index in [1.165, 1.54) is 4.57 Å². The third-order valence-corrected chi connectivity index (χ3v) is 4.37. The van der Waals surface area contributed by atoms with E-state index < -0.39 is 5.97 Å². The van der Waals surface area contributed by atoms with Gasteiger partial charge in [0.25, 0.3) is 5.56 Å². The number of esters is 1. The molecule has 2 bridgehead atoms. The molecular formula is C20H18N2O4. The molecule has 6 nitrogen and oxygen atoms in total. The Kier molecular flexibility index (Phi) is 4.18. The normalized spacial score (nSPS) is 12.6. The molecule has 1 aromatic heterocycles. The number of carbonyl (C=O) groups excluding carboxylic acids is 1. The average Bonchev–Trinajstić information content (AvgIpc) is 2.89. The van der Waals surface area contributed by atoms with Gasteiger partial charge in [0.15, 0.2) is 0 Å². The van der Waals surface area contributed by atoms with Gasteiger partial charge in [0, 0.05) is 10.8 Å². The first-order valence-electron chi connectivity index (χ1n) is 8.47. The van der Waals surface area contributed by atoms with E-state index in [-0.39, 0.29) is 24.5 Å². The van der Waals surface area contributed by atoms with E-state index >= 15 is 0 Å². The Morgan fingerprint density at radius 3 is 2.46 bits per heavy atom. The van der Waals surface area contributed by atoms with Crippen LogP contribution >= 0.6 is 0 Å². The lowest BCUT2D eigenvalue weighted by Gasteiger charge is -2.17. The molecular weight excluding hydrogens is 332 g/mol. The van der Waals surface area contributed by atoms with Crippen molar-refractivity contribution in [3.05, 3.63) is 76.2 Å². The second-order valence-electron chi connectivity index (χ2n) is 5.98. The quantitative estimate of drug-likeness (QED) is 0.662. The fraction of sp³-hybridized carbons (Fsp3) is 0.200. The van der Waals surface area contributed by atoms with Gasteiger partial charge in [0.1, 0.15) is 24.7 Å². The van der Waals surface area contributed by atoms with Crippen LogP contribution in [-0.4, -0.2) is 17.1 Å². The van der Waals surface area contributed by atoms with Crippen LogP contribution in [0.5, 0.6) is 0 Å². The van der Waals surface area contributed by atoms with Gasteiger partial charge in [-0.2, -0.15) is 0 Å². The van der Waals surface area contributed by atoms with Gasteiger partial charge in [-0.25, -0.2) is 9.86 Å². The monoisotopic (exact) mass is 350 g/mol. The minimum absolute atomic E-state index is 0.157. The van der Waals surface area contributed by atoms with Gasteiger partial charge in [-0.3, -0.25) is 14.2 Å². The highest BCUT2D eigenvalue weighted by Gasteiger charge is 2.31. The highest BCUT2D eigenvalue weighted by Crippen LogP contribution is 2.31. The fourth-order valence-electron chi connectivity index (χ4n) is 3.21. The summed E-state index contributed by atoms with van der Waals surface area (Å²) >= 11 is 0. The Hall–Kier alpha value is -3.12. The number of rotatable bonds is 5. The van der Waals surface area contributed by atoms with Crippen LogP contribution in [0.2, 0.25) is 0 Å². The third-order valence-electron chi connectivity index (χ3n) is 4.37. The number of nitrogens with zero attached hydrogens (tertiary/aromatic N) is 2. The van der Waals surface area contributed by atoms with Crippen molar-refractivity contribution in [1.29, 1.82) is 0 Å². The van der Waals surface area contributed by atoms with Crippen LogP contribution < -0.4 is 10.6 Å². The first-order chi connectivity index (χ1) is 12.7. The minimum Gasteiger partial charge on any atom is -0.461 e. The lowest BCUT2D eigenvalue weighted by Crippen LogP contribution is -2.24. The number of benzene rings is 2. The number of fused-ring (bicyclic) bond motifs is 4. The highest BCUT2D eigenvalue weighted by molar-refractivity contribution is 6.07. The molecule has 3 aromatic rings. The maximum Gasteiger partial charge on any atom is 0.355 e. The zero-order valence-corrected chi connectivity index (χ0v) is 14.3. The van der Waals surface area contributed by atoms with E-state index in [9.17, 15) is 9.59 Å². The van der Waals surface area contributed by atoms with Crippen molar-refractivity contribution in [1.82, 2.24) is 4.57 Å². The molecule has 1 aliphatic rings. The SMILES string of the molecule is CCOC(=O)c1c2ccccc2c2c(=O)n1CN2OCc1ccccc1. The van der Waals surface area contributed by atoms with E-state index in [1.807, 2.05) is 54.6 Å². The summed E-state index contributed by atoms with van der Waals surface area (Å²) in [5.41, 5.74) is 1.46. The maximum absolute atomic E-state index is 12.8. The van der Waals surface area contributed by atoms with Crippen molar-refractivity contribution in [2.45, 2.75) is 20.2 Å². The van der Waals surface area contributed by atoms with Crippen molar-refractivity contribution in [2.75, 3.05) is 11.7 Å². The summed E-state index contributed by atoms with van der Waals surface area (Å²) in [7, 11) is 0. The number of pyridine rings is 1. The number of ether oxygens (including phenoxy) is 1. The van der Waals surface area contributed by atoms with E-state index in [0.717, 1.165) is 5.56 Å². The lowest BCUT2D eigenvalue weighted by molar-refractivity contribution is 0.0508. The summed E-state index contributed by atoms with van der Waals surface area (Å²) in [5.74, 6) is -0.503. The number of aromatic nitrogens is 1. The molecule has 132 valence electrons. The molecule has 0 spiro atoms. The molecule has 0 aliphatic carbocycles. The third kappa shape index (κ3) is 2.64. The standard InChI is InChI=1S/C20H18N2O4/c1-2-25-20(24)18-16-11-7-6-10-15(16)17-19(23)21(18)13-22(17)26-12-14-8-4-3-5-9-14/h3-11H,2,12-13H2,1H3. The van der Waals surface area contributed by atoms with Gasteiger partial charge in [0.2, 0.25) is 0 Å². The Morgan fingerprint density at radius 2 is 1.73 bits per heavy atom. The summed E-state index contributed by atoms with van der Waals surface area (Å²) in [4.78, 5) is 31.2. The van der Waals surface area contributed by atoms with Gasteiger partial charge in [-0.1, -0.05) is 54.6 Å². The smallest absolute Gasteiger partial charge is 0.355 e. The first-order valence-corrected chi connectivity index (χ1v) is 8.47. The maximum atomic E-state index is 12.8. The molecule has 0 unspecified atom stereocenters. The zero-order valence-electron chi connectivity index (χ0n) is 14.3. The molecule has 0 fully saturated rings. The number of anilines is 1.